The van der Waals surface area contributed by atoms with Crippen molar-refractivity contribution in [2.24, 2.45) is 4.99 Å². The average Bonchev–Trinajstić information content (AvgIpc) is 2.76. The van der Waals surface area contributed by atoms with Gasteiger partial charge in [-0.05, 0) is 85.7 Å². The largest absolute Gasteiger partial charge is 0.326 e. The summed E-state index contributed by atoms with van der Waals surface area (Å²) >= 11 is 5.92. The molecule has 1 aliphatic carbocycles. The van der Waals surface area contributed by atoms with Gasteiger partial charge in [-0.25, -0.2) is 9.38 Å². The molecule has 2 aromatic carbocycles. The summed E-state index contributed by atoms with van der Waals surface area (Å²) in [4.78, 5) is 9.07. The second-order valence-corrected chi connectivity index (χ2v) is 7.85. The molecule has 0 bridgehead atoms. The summed E-state index contributed by atoms with van der Waals surface area (Å²) in [6.07, 6.45) is 7.41. The van der Waals surface area contributed by atoms with Gasteiger partial charge < -0.3 is 5.32 Å². The number of aliphatic imine (C=N–C) groups is 1. The van der Waals surface area contributed by atoms with E-state index in [4.69, 9.17) is 21.9 Å². The lowest BCUT2D eigenvalue weighted by atomic mass is 9.81. The van der Waals surface area contributed by atoms with E-state index in [1.165, 1.54) is 6.07 Å². The van der Waals surface area contributed by atoms with E-state index in [-0.39, 0.29) is 11.9 Å². The summed E-state index contributed by atoms with van der Waals surface area (Å²) in [5.41, 5.74) is 2.78. The van der Waals surface area contributed by atoms with E-state index in [9.17, 15) is 4.39 Å². The van der Waals surface area contributed by atoms with Crippen molar-refractivity contribution in [2.45, 2.75) is 37.6 Å². The lowest BCUT2D eigenvalue weighted by Crippen LogP contribution is -2.29. The van der Waals surface area contributed by atoms with Gasteiger partial charge in [-0.3, -0.25) is 10.3 Å². The van der Waals surface area contributed by atoms with Gasteiger partial charge in [-0.2, -0.15) is 5.26 Å². The number of guanidine groups is 1. The Balaban J connectivity index is 1.46. The minimum Gasteiger partial charge on any atom is -0.326 e. The number of benzene rings is 2. The quantitative estimate of drug-likeness (QED) is 0.250. The van der Waals surface area contributed by atoms with Crippen LogP contribution in [0.2, 0.25) is 5.02 Å². The van der Waals surface area contributed by atoms with Crippen molar-refractivity contribution in [1.82, 2.24) is 10.3 Å². The number of fused-ring (bicyclic) bond motifs is 1. The van der Waals surface area contributed by atoms with Crippen molar-refractivity contribution in [3.05, 3.63) is 71.1 Å². The normalized spacial score (nSPS) is 19.3. The molecule has 0 aliphatic heterocycles. The molecule has 0 radical (unpaired) electrons. The van der Waals surface area contributed by atoms with E-state index in [1.807, 2.05) is 24.4 Å². The van der Waals surface area contributed by atoms with Gasteiger partial charge in [0.05, 0.1) is 11.6 Å². The Morgan fingerprint density at radius 3 is 2.60 bits per heavy atom. The molecule has 2 N–H and O–H groups in total. The lowest BCUT2D eigenvalue weighted by molar-refractivity contribution is 0.398. The number of hydrogen-bond donors (Lipinski definition) is 2. The predicted molar refractivity (Wildman–Crippen MR) is 118 cm³/mol. The number of rotatable bonds is 3. The highest BCUT2D eigenvalue weighted by Gasteiger charge is 2.24. The van der Waals surface area contributed by atoms with Crippen LogP contribution in [-0.4, -0.2) is 17.0 Å². The molecular formula is C23H21ClFN5. The van der Waals surface area contributed by atoms with Gasteiger partial charge in [0.2, 0.25) is 5.96 Å². The Hall–Kier alpha value is -3.17. The number of pyridine rings is 1. The van der Waals surface area contributed by atoms with Crippen LogP contribution in [0.3, 0.4) is 0 Å². The summed E-state index contributed by atoms with van der Waals surface area (Å²) in [6.45, 7) is 0. The van der Waals surface area contributed by atoms with E-state index in [1.54, 1.807) is 30.5 Å². The molecule has 0 saturated heterocycles. The fourth-order valence-corrected chi connectivity index (χ4v) is 4.14. The van der Waals surface area contributed by atoms with Crippen molar-refractivity contribution < 1.29 is 4.39 Å². The molecule has 3 aromatic rings. The van der Waals surface area contributed by atoms with Gasteiger partial charge in [0.1, 0.15) is 5.82 Å². The summed E-state index contributed by atoms with van der Waals surface area (Å²) in [5, 5.41) is 16.4. The van der Waals surface area contributed by atoms with E-state index < -0.39 is 0 Å². The number of nitriles is 1. The van der Waals surface area contributed by atoms with Gasteiger partial charge in [-0.15, -0.1) is 0 Å². The van der Waals surface area contributed by atoms with E-state index >= 15 is 0 Å². The van der Waals surface area contributed by atoms with Crippen molar-refractivity contribution in [3.8, 4) is 6.19 Å². The van der Waals surface area contributed by atoms with Crippen LogP contribution in [0.4, 0.5) is 10.1 Å². The average molecular weight is 422 g/mol. The molecule has 0 unspecified atom stereocenters. The molecule has 1 aliphatic rings. The van der Waals surface area contributed by atoms with Crippen LogP contribution < -0.4 is 10.6 Å². The number of hydrogen-bond acceptors (Lipinski definition) is 3. The zero-order chi connectivity index (χ0) is 20.9. The molecule has 152 valence electrons. The number of aromatic nitrogens is 1. The zero-order valence-corrected chi connectivity index (χ0v) is 17.0. The van der Waals surface area contributed by atoms with Crippen molar-refractivity contribution in [2.75, 3.05) is 5.32 Å². The Morgan fingerprint density at radius 1 is 1.10 bits per heavy atom. The van der Waals surface area contributed by atoms with Gasteiger partial charge in [0, 0.05) is 22.3 Å². The summed E-state index contributed by atoms with van der Waals surface area (Å²) in [6, 6.07) is 14.1. The fourth-order valence-electron chi connectivity index (χ4n) is 4.01. The smallest absolute Gasteiger partial charge is 0.209 e. The molecule has 1 fully saturated rings. The third-order valence-electron chi connectivity index (χ3n) is 5.47. The highest BCUT2D eigenvalue weighted by atomic mass is 35.5. The zero-order valence-electron chi connectivity index (χ0n) is 16.3. The van der Waals surface area contributed by atoms with Crippen LogP contribution in [0.1, 0.15) is 37.2 Å². The first-order valence-electron chi connectivity index (χ1n) is 9.92. The van der Waals surface area contributed by atoms with Crippen molar-refractivity contribution >= 4 is 34.2 Å². The maximum atomic E-state index is 13.8. The number of nitrogens with zero attached hydrogens (tertiary/aromatic N) is 3. The summed E-state index contributed by atoms with van der Waals surface area (Å²) in [5.74, 6) is 0.538. The van der Waals surface area contributed by atoms with Crippen LogP contribution in [0, 0.1) is 17.3 Å². The van der Waals surface area contributed by atoms with Crippen LogP contribution in [0.15, 0.2) is 59.7 Å². The maximum Gasteiger partial charge on any atom is 0.209 e. The van der Waals surface area contributed by atoms with E-state index in [0.717, 1.165) is 47.8 Å². The predicted octanol–water partition coefficient (Wildman–Crippen LogP) is 5.59. The van der Waals surface area contributed by atoms with Gasteiger partial charge in [-0.1, -0.05) is 11.6 Å². The molecule has 1 aromatic heterocycles. The van der Waals surface area contributed by atoms with Crippen molar-refractivity contribution in [3.63, 3.8) is 0 Å². The molecular weight excluding hydrogens is 401 g/mol. The van der Waals surface area contributed by atoms with E-state index in [2.05, 4.69) is 15.6 Å². The molecule has 1 heterocycles. The molecule has 4 rings (SSSR count). The lowest BCUT2D eigenvalue weighted by Gasteiger charge is -2.27. The minimum atomic E-state index is -0.240. The Kier molecular flexibility index (Phi) is 6.10. The second-order valence-electron chi connectivity index (χ2n) is 7.41. The van der Waals surface area contributed by atoms with Crippen molar-refractivity contribution in [1.29, 1.82) is 5.26 Å². The van der Waals surface area contributed by atoms with E-state index in [0.29, 0.717) is 16.9 Å². The first-order valence-corrected chi connectivity index (χ1v) is 10.3. The molecule has 7 heteroatoms. The molecule has 0 spiro atoms. The first-order chi connectivity index (χ1) is 14.6. The molecule has 1 saturated carbocycles. The molecule has 5 nitrogen and oxygen atoms in total. The maximum absolute atomic E-state index is 13.8. The summed E-state index contributed by atoms with van der Waals surface area (Å²) in [7, 11) is 0. The highest BCUT2D eigenvalue weighted by molar-refractivity contribution is 6.30. The number of anilines is 1. The molecule has 0 atom stereocenters. The monoisotopic (exact) mass is 421 g/mol. The summed E-state index contributed by atoms with van der Waals surface area (Å²) < 4.78 is 13.8. The van der Waals surface area contributed by atoms with Gasteiger partial charge in [0.25, 0.3) is 0 Å². The first kappa shape index (κ1) is 20.1. The third-order valence-corrected chi connectivity index (χ3v) is 5.72. The Labute approximate surface area is 179 Å². The van der Waals surface area contributed by atoms with Crippen LogP contribution in [-0.2, 0) is 0 Å². The van der Waals surface area contributed by atoms with Gasteiger partial charge >= 0.3 is 0 Å². The van der Waals surface area contributed by atoms with Crippen LogP contribution in [0.25, 0.3) is 10.9 Å². The molecule has 30 heavy (non-hydrogen) atoms. The number of halogens is 2. The second kappa shape index (κ2) is 9.10. The van der Waals surface area contributed by atoms with Crippen LogP contribution >= 0.6 is 11.6 Å². The molecule has 0 amide bonds. The van der Waals surface area contributed by atoms with Gasteiger partial charge in [0.15, 0.2) is 6.19 Å². The standard InChI is InChI=1S/C23H21ClFN5/c24-16-3-8-19(9-4-16)30-23(28-14-26)29-18-6-1-15(2-7-18)20-11-12-27-22-10-5-17(25)13-21(20)22/h3-5,8-13,15,18H,1-2,6-7H2,(H2,28,29,30). The fraction of sp³-hybridized carbons (Fsp3) is 0.261. The Morgan fingerprint density at radius 2 is 1.87 bits per heavy atom. The third kappa shape index (κ3) is 4.69. The topological polar surface area (TPSA) is 73.1 Å². The highest BCUT2D eigenvalue weighted by Crippen LogP contribution is 2.37. The minimum absolute atomic E-state index is 0.113. The van der Waals surface area contributed by atoms with Crippen LogP contribution in [0.5, 0.6) is 0 Å². The number of nitrogens with one attached hydrogen (secondary N) is 2. The SMILES string of the molecule is N#CNC(=NC1CCC(c2ccnc3ccc(F)cc23)CC1)Nc1ccc(Cl)cc1. The Bertz CT molecular complexity index is 1100.